The Kier molecular flexibility index (Phi) is 5.65. The van der Waals surface area contributed by atoms with Crippen LogP contribution in [0, 0.1) is 6.92 Å². The minimum Gasteiger partial charge on any atom is -0.465 e. The zero-order chi connectivity index (χ0) is 24.7. The van der Waals surface area contributed by atoms with Gasteiger partial charge < -0.3 is 9.15 Å². The fraction of sp³-hybridized carbons (Fsp3) is 0.160. The fourth-order valence-electron chi connectivity index (χ4n) is 4.01. The number of para-hydroxylation sites is 1. The first-order valence-corrected chi connectivity index (χ1v) is 11.5. The number of fused-ring (bicyclic) bond motifs is 2. The molecule has 1 aliphatic rings. The van der Waals surface area contributed by atoms with Crippen molar-refractivity contribution >= 4 is 51.1 Å². The number of hydrogen-bond donors (Lipinski definition) is 1. The van der Waals surface area contributed by atoms with Gasteiger partial charge in [-0.15, -0.1) is 11.3 Å². The largest absolute Gasteiger partial charge is 0.465 e. The maximum atomic E-state index is 12.8. The van der Waals surface area contributed by atoms with Crippen molar-refractivity contribution in [3.05, 3.63) is 71.0 Å². The van der Waals surface area contributed by atoms with Crippen LogP contribution in [-0.2, 0) is 9.53 Å². The van der Waals surface area contributed by atoms with Gasteiger partial charge in [0.05, 0.1) is 34.0 Å². The number of anilines is 1. The molecule has 1 N–H and O–H groups in total. The van der Waals surface area contributed by atoms with Gasteiger partial charge in [0.25, 0.3) is 11.8 Å². The Balaban J connectivity index is 1.40. The molecule has 0 saturated carbocycles. The zero-order valence-corrected chi connectivity index (χ0v) is 19.6. The molecule has 0 spiro atoms. The third-order valence-electron chi connectivity index (χ3n) is 5.68. The molecule has 0 aliphatic carbocycles. The lowest BCUT2D eigenvalue weighted by molar-refractivity contribution is -0.116. The maximum Gasteiger partial charge on any atom is 0.342 e. The molecule has 1 aliphatic heterocycles. The third-order valence-corrected chi connectivity index (χ3v) is 6.73. The van der Waals surface area contributed by atoms with Gasteiger partial charge >= 0.3 is 5.97 Å². The molecule has 0 atom stereocenters. The van der Waals surface area contributed by atoms with Gasteiger partial charge in [-0.25, -0.2) is 9.78 Å². The second-order valence-corrected chi connectivity index (χ2v) is 8.85. The van der Waals surface area contributed by atoms with Gasteiger partial charge in [0, 0.05) is 13.0 Å². The quantitative estimate of drug-likeness (QED) is 0.317. The van der Waals surface area contributed by atoms with Crippen molar-refractivity contribution in [3.63, 3.8) is 0 Å². The number of imide groups is 1. The summed E-state index contributed by atoms with van der Waals surface area (Å²) < 4.78 is 11.6. The first-order valence-electron chi connectivity index (χ1n) is 10.7. The monoisotopic (exact) mass is 489 g/mol. The number of nitrogens with zero attached hydrogens (tertiary/aromatic N) is 2. The maximum absolute atomic E-state index is 12.8. The number of aryl methyl sites for hydroxylation is 1. The lowest BCUT2D eigenvalue weighted by atomic mass is 10.1. The molecule has 2 aromatic carbocycles. The highest BCUT2D eigenvalue weighted by Gasteiger charge is 2.35. The van der Waals surface area contributed by atoms with E-state index in [-0.39, 0.29) is 30.2 Å². The highest BCUT2D eigenvalue weighted by Crippen LogP contribution is 2.40. The van der Waals surface area contributed by atoms with Crippen LogP contribution in [0.15, 0.2) is 52.9 Å². The van der Waals surface area contributed by atoms with Crippen LogP contribution < -0.4 is 5.32 Å². The van der Waals surface area contributed by atoms with Crippen LogP contribution in [-0.4, -0.2) is 47.2 Å². The number of carbonyl (C=O) groups excluding carboxylic acids is 4. The van der Waals surface area contributed by atoms with E-state index < -0.39 is 23.7 Å². The molecule has 0 fully saturated rings. The van der Waals surface area contributed by atoms with E-state index in [1.165, 1.54) is 18.4 Å². The van der Waals surface area contributed by atoms with E-state index in [1.54, 1.807) is 31.2 Å². The van der Waals surface area contributed by atoms with Gasteiger partial charge in [-0.05, 0) is 31.2 Å². The molecule has 176 valence electrons. The summed E-state index contributed by atoms with van der Waals surface area (Å²) in [5.41, 5.74) is 1.87. The third kappa shape index (κ3) is 3.87. The van der Waals surface area contributed by atoms with Crippen molar-refractivity contribution in [2.75, 3.05) is 19.0 Å². The van der Waals surface area contributed by atoms with E-state index in [9.17, 15) is 19.2 Å². The number of rotatable bonds is 6. The van der Waals surface area contributed by atoms with Crippen LogP contribution in [0.5, 0.6) is 0 Å². The number of aromatic nitrogens is 1. The van der Waals surface area contributed by atoms with E-state index in [4.69, 9.17) is 9.15 Å². The molecule has 0 bridgehead atoms. The van der Waals surface area contributed by atoms with Crippen LogP contribution in [0.25, 0.3) is 20.8 Å². The molecule has 0 radical (unpaired) electrons. The smallest absolute Gasteiger partial charge is 0.342 e. The number of ether oxygens (including phenoxy) is 1. The Morgan fingerprint density at radius 2 is 1.71 bits per heavy atom. The summed E-state index contributed by atoms with van der Waals surface area (Å²) in [6, 6.07) is 14.0. The average molecular weight is 490 g/mol. The Hall–Kier alpha value is -4.31. The van der Waals surface area contributed by atoms with Crippen molar-refractivity contribution in [1.29, 1.82) is 0 Å². The molecule has 3 heterocycles. The van der Waals surface area contributed by atoms with Gasteiger partial charge in [-0.3, -0.25) is 24.6 Å². The van der Waals surface area contributed by atoms with E-state index in [0.29, 0.717) is 21.7 Å². The van der Waals surface area contributed by atoms with Crippen LogP contribution in [0.2, 0.25) is 0 Å². The summed E-state index contributed by atoms with van der Waals surface area (Å²) >= 11 is 1.35. The van der Waals surface area contributed by atoms with Crippen molar-refractivity contribution in [3.8, 4) is 10.6 Å². The first-order chi connectivity index (χ1) is 16.9. The number of carbonyl (C=O) groups is 4. The van der Waals surface area contributed by atoms with Crippen LogP contribution in [0.1, 0.15) is 43.3 Å². The molecule has 2 aromatic heterocycles. The second kappa shape index (κ2) is 8.80. The highest BCUT2D eigenvalue weighted by atomic mass is 32.1. The predicted octanol–water partition coefficient (Wildman–Crippen LogP) is 4.28. The van der Waals surface area contributed by atoms with Crippen LogP contribution >= 0.6 is 11.3 Å². The normalized spacial score (nSPS) is 12.8. The Labute approximate surface area is 203 Å². The summed E-state index contributed by atoms with van der Waals surface area (Å²) in [4.78, 5) is 56.1. The van der Waals surface area contributed by atoms with Crippen LogP contribution in [0.3, 0.4) is 0 Å². The van der Waals surface area contributed by atoms with Gasteiger partial charge in [0.1, 0.15) is 16.3 Å². The minimum atomic E-state index is -0.618. The average Bonchev–Trinajstić information content (AvgIpc) is 3.49. The molecule has 4 aromatic rings. The van der Waals surface area contributed by atoms with Gasteiger partial charge in [-0.2, -0.15) is 0 Å². The van der Waals surface area contributed by atoms with E-state index in [0.717, 1.165) is 15.1 Å². The van der Waals surface area contributed by atoms with Crippen molar-refractivity contribution in [2.45, 2.75) is 13.3 Å². The fourth-order valence-corrected chi connectivity index (χ4v) is 5.02. The van der Waals surface area contributed by atoms with E-state index >= 15 is 0 Å². The summed E-state index contributed by atoms with van der Waals surface area (Å²) in [6.45, 7) is 1.50. The predicted molar refractivity (Wildman–Crippen MR) is 128 cm³/mol. The standard InChI is InChI=1S/C25H19N3O6S/c1-13-19(25(32)33-2)20(22-26-16-9-5-6-10-17(16)35-22)21(34-13)27-18(29)11-12-28-23(30)14-7-3-4-8-15(14)24(28)31/h3-10H,11-12H2,1-2H3,(H,27,29). The minimum absolute atomic E-state index is 0.0503. The highest BCUT2D eigenvalue weighted by molar-refractivity contribution is 7.21. The second-order valence-electron chi connectivity index (χ2n) is 7.82. The number of hydrogen-bond acceptors (Lipinski definition) is 8. The van der Waals surface area contributed by atoms with Crippen molar-refractivity contribution in [1.82, 2.24) is 9.88 Å². The Bertz CT molecular complexity index is 1450. The molecule has 0 saturated heterocycles. The summed E-state index contributed by atoms with van der Waals surface area (Å²) in [6.07, 6.45) is -0.155. The van der Waals surface area contributed by atoms with Crippen LogP contribution in [0.4, 0.5) is 5.88 Å². The van der Waals surface area contributed by atoms with Gasteiger partial charge in [-0.1, -0.05) is 24.3 Å². The summed E-state index contributed by atoms with van der Waals surface area (Å²) in [5, 5.41) is 3.16. The Morgan fingerprint density at radius 1 is 1.06 bits per heavy atom. The molecule has 0 unspecified atom stereocenters. The summed E-state index contributed by atoms with van der Waals surface area (Å²) in [5.74, 6) is -1.66. The Morgan fingerprint density at radius 3 is 2.37 bits per heavy atom. The number of amides is 3. The molecule has 35 heavy (non-hydrogen) atoms. The molecule has 3 amide bonds. The number of thiazole rings is 1. The number of nitrogens with one attached hydrogen (secondary N) is 1. The molecular weight excluding hydrogens is 470 g/mol. The number of furan rings is 1. The van der Waals surface area contributed by atoms with Crippen molar-refractivity contribution in [2.24, 2.45) is 0 Å². The van der Waals surface area contributed by atoms with Crippen molar-refractivity contribution < 1.29 is 28.3 Å². The first kappa shape index (κ1) is 22.5. The number of methoxy groups -OCH3 is 1. The lowest BCUT2D eigenvalue weighted by Gasteiger charge is -2.13. The summed E-state index contributed by atoms with van der Waals surface area (Å²) in [7, 11) is 1.26. The number of benzene rings is 2. The zero-order valence-electron chi connectivity index (χ0n) is 18.8. The van der Waals surface area contributed by atoms with E-state index in [1.807, 2.05) is 24.3 Å². The topological polar surface area (TPSA) is 119 Å². The lowest BCUT2D eigenvalue weighted by Crippen LogP contribution is -2.32. The van der Waals surface area contributed by atoms with Gasteiger partial charge in [0.2, 0.25) is 11.8 Å². The molecule has 10 heteroatoms. The molecule has 5 rings (SSSR count). The number of esters is 1. The molecule has 9 nitrogen and oxygen atoms in total. The van der Waals surface area contributed by atoms with E-state index in [2.05, 4.69) is 10.3 Å². The SMILES string of the molecule is COC(=O)c1c(C)oc(NC(=O)CCN2C(=O)c3ccccc3C2=O)c1-c1nc2ccccc2s1. The van der Waals surface area contributed by atoms with Gasteiger partial charge in [0.15, 0.2) is 0 Å². The molecular formula is C25H19N3O6S.